The minimum absolute atomic E-state index is 0. The zero-order chi connectivity index (χ0) is 13.9. The number of amides is 1. The van der Waals surface area contributed by atoms with Crippen LogP contribution in [0, 0.1) is 0 Å². The van der Waals surface area contributed by atoms with Crippen LogP contribution in [-0.4, -0.2) is 37.0 Å². The fraction of sp³-hybridized carbons (Fsp3) is 0.267. The fourth-order valence-electron chi connectivity index (χ4n) is 2.25. The molecule has 3 nitrogen and oxygen atoms in total. The van der Waals surface area contributed by atoms with Gasteiger partial charge in [0, 0.05) is 36.1 Å². The van der Waals surface area contributed by atoms with Gasteiger partial charge in [0.25, 0.3) is 5.91 Å². The average molecular weight is 343 g/mol. The largest absolute Gasteiger partial charge is 0.335 e. The Morgan fingerprint density at radius 2 is 1.76 bits per heavy atom. The smallest absolute Gasteiger partial charge is 0.264 e. The molecule has 3 rings (SSSR count). The minimum Gasteiger partial charge on any atom is -0.335 e. The molecule has 6 heteroatoms. The Balaban J connectivity index is 0.00000161. The Morgan fingerprint density at radius 3 is 2.43 bits per heavy atom. The van der Waals surface area contributed by atoms with Crippen molar-refractivity contribution in [2.75, 3.05) is 26.2 Å². The van der Waals surface area contributed by atoms with Crippen molar-refractivity contribution in [3.05, 3.63) is 46.3 Å². The topological polar surface area (TPSA) is 32.3 Å². The highest BCUT2D eigenvalue weighted by Gasteiger charge is 2.19. The Labute approximate surface area is 139 Å². The lowest BCUT2D eigenvalue weighted by Gasteiger charge is -2.26. The molecule has 1 aliphatic rings. The molecule has 2 aromatic rings. The maximum Gasteiger partial charge on any atom is 0.264 e. The number of rotatable bonds is 2. The molecule has 0 unspecified atom stereocenters. The van der Waals surface area contributed by atoms with Crippen LogP contribution < -0.4 is 5.32 Å². The van der Waals surface area contributed by atoms with Crippen molar-refractivity contribution in [3.8, 4) is 10.4 Å². The molecule has 0 saturated carbocycles. The second-order valence-corrected chi connectivity index (χ2v) is 6.23. The number of thiophene rings is 1. The summed E-state index contributed by atoms with van der Waals surface area (Å²) in [5.41, 5.74) is 1.10. The molecule has 0 radical (unpaired) electrons. The molecule has 1 fully saturated rings. The number of hydrogen-bond donors (Lipinski definition) is 1. The predicted molar refractivity (Wildman–Crippen MR) is 90.8 cm³/mol. The Hall–Kier alpha value is -1.07. The third-order valence-corrected chi connectivity index (χ3v) is 4.72. The molecule has 2 heterocycles. The Morgan fingerprint density at radius 1 is 1.10 bits per heavy atom. The van der Waals surface area contributed by atoms with Crippen molar-refractivity contribution < 1.29 is 4.79 Å². The number of nitrogens with zero attached hydrogens (tertiary/aromatic N) is 1. The van der Waals surface area contributed by atoms with Gasteiger partial charge in [-0.25, -0.2) is 0 Å². The molecule has 1 aromatic heterocycles. The molecule has 0 bridgehead atoms. The fourth-order valence-corrected chi connectivity index (χ4v) is 3.35. The molecule has 1 aliphatic heterocycles. The zero-order valence-corrected chi connectivity index (χ0v) is 13.7. The monoisotopic (exact) mass is 342 g/mol. The summed E-state index contributed by atoms with van der Waals surface area (Å²) in [6.45, 7) is 3.32. The summed E-state index contributed by atoms with van der Waals surface area (Å²) in [4.78, 5) is 16.2. The lowest BCUT2D eigenvalue weighted by Crippen LogP contribution is -2.46. The molecule has 0 aliphatic carbocycles. The third-order valence-electron chi connectivity index (χ3n) is 3.35. The molecular formula is C15H16Cl2N2OS. The summed E-state index contributed by atoms with van der Waals surface area (Å²) in [5, 5.41) is 3.98. The minimum atomic E-state index is 0. The highest BCUT2D eigenvalue weighted by Crippen LogP contribution is 2.29. The molecule has 21 heavy (non-hydrogen) atoms. The molecule has 0 atom stereocenters. The van der Waals surface area contributed by atoms with E-state index < -0.39 is 0 Å². The first kappa shape index (κ1) is 16.3. The van der Waals surface area contributed by atoms with E-state index in [2.05, 4.69) is 5.32 Å². The molecule has 0 spiro atoms. The van der Waals surface area contributed by atoms with Gasteiger partial charge in [0.2, 0.25) is 0 Å². The molecule has 1 amide bonds. The van der Waals surface area contributed by atoms with Crippen LogP contribution in [0.2, 0.25) is 5.02 Å². The van der Waals surface area contributed by atoms with Gasteiger partial charge in [-0.1, -0.05) is 23.7 Å². The van der Waals surface area contributed by atoms with Crippen LogP contribution in [0.3, 0.4) is 0 Å². The SMILES string of the molecule is Cl.O=C(c1ccc(-c2ccc(Cl)cc2)s1)N1CCNCC1. The van der Waals surface area contributed by atoms with Gasteiger partial charge in [-0.2, -0.15) is 0 Å². The van der Waals surface area contributed by atoms with Gasteiger partial charge >= 0.3 is 0 Å². The average Bonchev–Trinajstić information content (AvgIpc) is 2.98. The number of nitrogens with one attached hydrogen (secondary N) is 1. The molecule has 1 aromatic carbocycles. The van der Waals surface area contributed by atoms with Gasteiger partial charge in [0.1, 0.15) is 0 Å². The Bertz CT molecular complexity index is 606. The van der Waals surface area contributed by atoms with E-state index in [0.29, 0.717) is 0 Å². The van der Waals surface area contributed by atoms with Crippen molar-refractivity contribution in [1.82, 2.24) is 10.2 Å². The molecule has 1 saturated heterocycles. The predicted octanol–water partition coefficient (Wildman–Crippen LogP) is 3.54. The van der Waals surface area contributed by atoms with Crippen molar-refractivity contribution in [2.24, 2.45) is 0 Å². The van der Waals surface area contributed by atoms with Gasteiger partial charge in [-0.05, 0) is 29.8 Å². The van der Waals surface area contributed by atoms with Crippen LogP contribution in [0.15, 0.2) is 36.4 Å². The maximum absolute atomic E-state index is 12.4. The highest BCUT2D eigenvalue weighted by atomic mass is 35.5. The first-order valence-electron chi connectivity index (χ1n) is 6.60. The molecular weight excluding hydrogens is 327 g/mol. The highest BCUT2D eigenvalue weighted by molar-refractivity contribution is 7.17. The Kier molecular flexibility index (Phi) is 5.65. The van der Waals surface area contributed by atoms with Gasteiger partial charge in [0.05, 0.1) is 4.88 Å². The van der Waals surface area contributed by atoms with E-state index in [1.165, 1.54) is 11.3 Å². The number of piperazine rings is 1. The normalized spacial score (nSPS) is 14.6. The van der Waals surface area contributed by atoms with E-state index >= 15 is 0 Å². The summed E-state index contributed by atoms with van der Waals surface area (Å²) >= 11 is 7.43. The number of carbonyl (C=O) groups excluding carboxylic acids is 1. The first-order chi connectivity index (χ1) is 9.74. The molecule has 112 valence electrons. The summed E-state index contributed by atoms with van der Waals surface area (Å²) < 4.78 is 0. The number of benzene rings is 1. The van der Waals surface area contributed by atoms with E-state index in [9.17, 15) is 4.79 Å². The maximum atomic E-state index is 12.4. The van der Waals surface area contributed by atoms with Crippen molar-refractivity contribution in [2.45, 2.75) is 0 Å². The van der Waals surface area contributed by atoms with Crippen LogP contribution in [0.5, 0.6) is 0 Å². The summed E-state index contributed by atoms with van der Waals surface area (Å²) in [6.07, 6.45) is 0. The van der Waals surface area contributed by atoms with Crippen LogP contribution in [0.4, 0.5) is 0 Å². The van der Waals surface area contributed by atoms with E-state index in [-0.39, 0.29) is 18.3 Å². The third kappa shape index (κ3) is 3.77. The van der Waals surface area contributed by atoms with Crippen LogP contribution >= 0.6 is 35.3 Å². The van der Waals surface area contributed by atoms with Gasteiger partial charge in [-0.3, -0.25) is 4.79 Å². The summed E-state index contributed by atoms with van der Waals surface area (Å²) in [7, 11) is 0. The van der Waals surface area contributed by atoms with E-state index in [1.54, 1.807) is 0 Å². The van der Waals surface area contributed by atoms with Crippen molar-refractivity contribution >= 4 is 41.3 Å². The zero-order valence-electron chi connectivity index (χ0n) is 11.3. The lowest BCUT2D eigenvalue weighted by atomic mass is 10.2. The first-order valence-corrected chi connectivity index (χ1v) is 7.79. The number of halogens is 2. The van der Waals surface area contributed by atoms with Crippen molar-refractivity contribution in [1.29, 1.82) is 0 Å². The number of carbonyl (C=O) groups is 1. The van der Waals surface area contributed by atoms with Crippen LogP contribution in [0.25, 0.3) is 10.4 Å². The van der Waals surface area contributed by atoms with Crippen molar-refractivity contribution in [3.63, 3.8) is 0 Å². The quantitative estimate of drug-likeness (QED) is 0.905. The number of hydrogen-bond acceptors (Lipinski definition) is 3. The lowest BCUT2D eigenvalue weighted by molar-refractivity contribution is 0.0740. The second-order valence-electron chi connectivity index (χ2n) is 4.71. The van der Waals surface area contributed by atoms with Gasteiger partial charge in [0.15, 0.2) is 0 Å². The van der Waals surface area contributed by atoms with Gasteiger partial charge in [-0.15, -0.1) is 23.7 Å². The van der Waals surface area contributed by atoms with Gasteiger partial charge < -0.3 is 10.2 Å². The van der Waals surface area contributed by atoms with E-state index in [0.717, 1.165) is 46.5 Å². The molecule has 1 N–H and O–H groups in total. The van der Waals surface area contributed by atoms with E-state index in [1.807, 2.05) is 41.3 Å². The van der Waals surface area contributed by atoms with E-state index in [4.69, 9.17) is 11.6 Å². The van der Waals surface area contributed by atoms with Crippen LogP contribution in [-0.2, 0) is 0 Å². The van der Waals surface area contributed by atoms with Crippen LogP contribution in [0.1, 0.15) is 9.67 Å². The second kappa shape index (κ2) is 7.27. The summed E-state index contributed by atoms with van der Waals surface area (Å²) in [6, 6.07) is 11.6. The summed E-state index contributed by atoms with van der Waals surface area (Å²) in [5.74, 6) is 0.136. The standard InChI is InChI=1S/C15H15ClN2OS.ClH/c16-12-3-1-11(2-4-12)13-5-6-14(20-13)15(19)18-9-7-17-8-10-18;/h1-6,17H,7-10H2;1H.